The first-order valence-electron chi connectivity index (χ1n) is 6.13. The van der Waals surface area contributed by atoms with E-state index >= 15 is 0 Å². The van der Waals surface area contributed by atoms with Gasteiger partial charge in [-0.1, -0.05) is 13.3 Å². The average Bonchev–Trinajstić information content (AvgIpc) is 2.17. The Morgan fingerprint density at radius 3 is 2.00 bits per heavy atom. The largest absolute Gasteiger partial charge is 0.393 e. The fourth-order valence-electron chi connectivity index (χ4n) is 1.59. The number of nitrogens with one attached hydrogen (secondary N) is 1. The Kier molecular flexibility index (Phi) is 9.16. The molecule has 0 aliphatic carbocycles. The summed E-state index contributed by atoms with van der Waals surface area (Å²) in [6.45, 7) is 8.11. The molecule has 0 bridgehead atoms. The normalized spacial score (nSPS) is 21.6. The molecule has 1 rings (SSSR count). The van der Waals surface area contributed by atoms with Gasteiger partial charge in [0.25, 0.3) is 0 Å². The van der Waals surface area contributed by atoms with Crippen molar-refractivity contribution in [3.63, 3.8) is 0 Å². The molecule has 5 heteroatoms. The van der Waals surface area contributed by atoms with Gasteiger partial charge in [-0.05, 0) is 33.7 Å². The number of rotatable bonds is 2. The summed E-state index contributed by atoms with van der Waals surface area (Å²) in [5, 5.41) is 2.75. The first-order valence-corrected chi connectivity index (χ1v) is 8.65. The summed E-state index contributed by atoms with van der Waals surface area (Å²) < 4.78 is 11.7. The third kappa shape index (κ3) is 7.35. The molecule has 4 nitrogen and oxygen atoms in total. The highest BCUT2D eigenvalue weighted by Crippen LogP contribution is 2.16. The van der Waals surface area contributed by atoms with Crippen molar-refractivity contribution < 1.29 is 8.85 Å². The molecule has 1 aliphatic heterocycles. The van der Waals surface area contributed by atoms with Gasteiger partial charge in [-0.25, -0.2) is 0 Å². The molecule has 0 radical (unpaired) electrons. The highest BCUT2D eigenvalue weighted by Gasteiger charge is 2.31. The van der Waals surface area contributed by atoms with Crippen LogP contribution in [0.25, 0.3) is 0 Å². The summed E-state index contributed by atoms with van der Waals surface area (Å²) >= 11 is 0. The van der Waals surface area contributed by atoms with Crippen LogP contribution in [0.1, 0.15) is 13.3 Å². The second kappa shape index (κ2) is 9.12. The molecule has 0 aromatic rings. The van der Waals surface area contributed by atoms with Gasteiger partial charge < -0.3 is 19.1 Å². The van der Waals surface area contributed by atoms with Crippen molar-refractivity contribution in [2.75, 3.05) is 47.4 Å². The Balaban J connectivity index is 0.000000673. The van der Waals surface area contributed by atoms with Crippen LogP contribution in [0.2, 0.25) is 12.6 Å². The van der Waals surface area contributed by atoms with Crippen LogP contribution in [0, 0.1) is 0 Å². The minimum Gasteiger partial charge on any atom is -0.393 e. The lowest BCUT2D eigenvalue weighted by atomic mass is 10.5. The summed E-state index contributed by atoms with van der Waals surface area (Å²) in [6.07, 6.45) is 1.17. The Morgan fingerprint density at radius 2 is 1.62 bits per heavy atom. The molecule has 1 N–H and O–H groups in total. The van der Waals surface area contributed by atoms with Crippen LogP contribution >= 0.6 is 0 Å². The summed E-state index contributed by atoms with van der Waals surface area (Å²) in [5.41, 5.74) is 0. The zero-order chi connectivity index (χ0) is 12.4. The Hall–Kier alpha value is 0.0569. The quantitative estimate of drug-likeness (QED) is 0.747. The molecule has 0 unspecified atom stereocenters. The molecule has 1 heterocycles. The van der Waals surface area contributed by atoms with E-state index in [1.807, 2.05) is 14.1 Å². The first kappa shape index (κ1) is 16.1. The van der Waals surface area contributed by atoms with E-state index in [1.54, 1.807) is 0 Å². The van der Waals surface area contributed by atoms with Gasteiger partial charge in [0.05, 0.1) is 0 Å². The van der Waals surface area contributed by atoms with Crippen molar-refractivity contribution in [2.24, 2.45) is 0 Å². The van der Waals surface area contributed by atoms with Crippen LogP contribution in [0.5, 0.6) is 0 Å². The van der Waals surface area contributed by atoms with E-state index in [-0.39, 0.29) is 0 Å². The Morgan fingerprint density at radius 1 is 1.19 bits per heavy atom. The smallest absolute Gasteiger partial charge is 0.335 e. The number of hydrogen-bond acceptors (Lipinski definition) is 4. The lowest BCUT2D eigenvalue weighted by molar-refractivity contribution is 0.109. The lowest BCUT2D eigenvalue weighted by Crippen LogP contribution is -2.45. The predicted octanol–water partition coefficient (Wildman–Crippen LogP) is 1.28. The monoisotopic (exact) mass is 248 g/mol. The molecule has 16 heavy (non-hydrogen) atoms. The molecule has 0 aromatic heterocycles. The minimum absolute atomic E-state index is 0.833. The molecule has 0 amide bonds. The third-order valence-electron chi connectivity index (χ3n) is 2.46. The van der Waals surface area contributed by atoms with Crippen molar-refractivity contribution in [1.29, 1.82) is 0 Å². The zero-order valence-corrected chi connectivity index (χ0v) is 12.5. The zero-order valence-electron chi connectivity index (χ0n) is 11.5. The van der Waals surface area contributed by atoms with Gasteiger partial charge in [0.15, 0.2) is 0 Å². The molecule has 1 aliphatic rings. The van der Waals surface area contributed by atoms with Gasteiger partial charge >= 0.3 is 8.56 Å². The van der Waals surface area contributed by atoms with Crippen molar-refractivity contribution in [1.82, 2.24) is 10.2 Å². The van der Waals surface area contributed by atoms with Crippen molar-refractivity contribution in [2.45, 2.75) is 25.9 Å². The molecule has 1 saturated heterocycles. The van der Waals surface area contributed by atoms with Crippen LogP contribution in [-0.4, -0.2) is 60.9 Å². The van der Waals surface area contributed by atoms with Gasteiger partial charge in [-0.2, -0.15) is 0 Å². The summed E-state index contributed by atoms with van der Waals surface area (Å²) in [5.74, 6) is 0. The standard InChI is InChI=1S/C9H21NO2Si.C2H7N/c1-4-9-13(3)11-7-5-10(2)6-8-12-13;1-3-2/h4-9H2,1-3H3;3H,1-2H3. The van der Waals surface area contributed by atoms with Crippen LogP contribution in [0.3, 0.4) is 0 Å². The molecule has 0 spiro atoms. The number of likely N-dealkylation sites (N-methyl/N-ethyl adjacent to an activating group) is 1. The van der Waals surface area contributed by atoms with E-state index in [1.165, 1.54) is 6.42 Å². The molecule has 0 atom stereocenters. The van der Waals surface area contributed by atoms with Gasteiger partial charge in [0, 0.05) is 26.3 Å². The van der Waals surface area contributed by atoms with E-state index in [4.69, 9.17) is 8.85 Å². The van der Waals surface area contributed by atoms with Gasteiger partial charge in [0.2, 0.25) is 0 Å². The van der Waals surface area contributed by atoms with Crippen LogP contribution in [0.15, 0.2) is 0 Å². The maximum atomic E-state index is 5.86. The van der Waals surface area contributed by atoms with E-state index in [9.17, 15) is 0 Å². The Bertz CT molecular complexity index is 160. The maximum Gasteiger partial charge on any atom is 0.335 e. The summed E-state index contributed by atoms with van der Waals surface area (Å²) in [7, 11) is 4.08. The highest BCUT2D eigenvalue weighted by molar-refractivity contribution is 6.66. The topological polar surface area (TPSA) is 33.7 Å². The fraction of sp³-hybridized carbons (Fsp3) is 1.00. The van der Waals surface area contributed by atoms with Crippen molar-refractivity contribution in [3.8, 4) is 0 Å². The van der Waals surface area contributed by atoms with Crippen molar-refractivity contribution in [3.05, 3.63) is 0 Å². The second-order valence-corrected chi connectivity index (χ2v) is 7.73. The average molecular weight is 248 g/mol. The van der Waals surface area contributed by atoms with Gasteiger partial charge in [-0.15, -0.1) is 0 Å². The summed E-state index contributed by atoms with van der Waals surface area (Å²) in [4.78, 5) is 2.25. The number of nitrogens with zero attached hydrogens (tertiary/aromatic N) is 1. The van der Waals surface area contributed by atoms with E-state index in [0.29, 0.717) is 0 Å². The Labute approximate surface area is 102 Å². The molecule has 0 aromatic carbocycles. The molecule has 0 saturated carbocycles. The SMILES string of the molecule is CCC[Si]1(C)OCCN(C)CCO1.CNC. The highest BCUT2D eigenvalue weighted by atomic mass is 28.4. The van der Waals surface area contributed by atoms with E-state index in [2.05, 4.69) is 30.7 Å². The summed E-state index contributed by atoms with van der Waals surface area (Å²) in [6, 6.07) is 1.12. The first-order chi connectivity index (χ1) is 7.58. The molecule has 1 fully saturated rings. The van der Waals surface area contributed by atoms with E-state index in [0.717, 1.165) is 32.3 Å². The van der Waals surface area contributed by atoms with Crippen LogP contribution in [0.4, 0.5) is 0 Å². The maximum absolute atomic E-state index is 5.86. The second-order valence-electron chi connectivity index (χ2n) is 4.38. The lowest BCUT2D eigenvalue weighted by Gasteiger charge is -2.31. The minimum atomic E-state index is -1.78. The molecular formula is C11H28N2O2Si. The van der Waals surface area contributed by atoms with Gasteiger partial charge in [0.1, 0.15) is 0 Å². The molecule has 98 valence electrons. The van der Waals surface area contributed by atoms with Crippen molar-refractivity contribution >= 4 is 8.56 Å². The van der Waals surface area contributed by atoms with Gasteiger partial charge in [-0.3, -0.25) is 0 Å². The van der Waals surface area contributed by atoms with Crippen LogP contribution in [-0.2, 0) is 8.85 Å². The predicted molar refractivity (Wildman–Crippen MR) is 71.1 cm³/mol. The van der Waals surface area contributed by atoms with Crippen LogP contribution < -0.4 is 5.32 Å². The fourth-order valence-corrected chi connectivity index (χ4v) is 3.91. The van der Waals surface area contributed by atoms with E-state index < -0.39 is 8.56 Å². The number of hydrogen-bond donors (Lipinski definition) is 1. The molecular weight excluding hydrogens is 220 g/mol. The third-order valence-corrected chi connectivity index (χ3v) is 5.50.